The molecule has 188 valence electrons. The number of carboxylic acid groups (broad SMARTS) is 1. The number of carbonyl (C=O) groups excluding carboxylic acids is 2. The third-order valence-corrected chi connectivity index (χ3v) is 4.95. The molecule has 0 fully saturated rings. The van der Waals surface area contributed by atoms with Gasteiger partial charge in [0.15, 0.2) is 0 Å². The number of hydrogen-bond donors (Lipinski definition) is 3. The van der Waals surface area contributed by atoms with Gasteiger partial charge in [0, 0.05) is 42.4 Å². The molecule has 0 saturated carbocycles. The number of H-pyrrole nitrogens is 1. The first-order valence-corrected chi connectivity index (χ1v) is 10.4. The Morgan fingerprint density at radius 2 is 1.97 bits per heavy atom. The van der Waals surface area contributed by atoms with Crippen LogP contribution in [-0.4, -0.2) is 68.7 Å². The zero-order chi connectivity index (χ0) is 26.1. The van der Waals surface area contributed by atoms with Gasteiger partial charge < -0.3 is 20.1 Å². The van der Waals surface area contributed by atoms with Gasteiger partial charge in [-0.3, -0.25) is 34.0 Å². The summed E-state index contributed by atoms with van der Waals surface area (Å²) in [6.07, 6.45) is 0.330. The summed E-state index contributed by atoms with van der Waals surface area (Å²) in [6, 6.07) is 6.08. The van der Waals surface area contributed by atoms with Gasteiger partial charge in [-0.25, -0.2) is 9.59 Å². The van der Waals surface area contributed by atoms with E-state index >= 15 is 0 Å². The number of para-hydroxylation sites is 1. The molecular formula is C21H25N5O9. The number of nitro benzene ring substituents is 1. The average molecular weight is 491 g/mol. The smallest absolute Gasteiger partial charge is 0.407 e. The fourth-order valence-electron chi connectivity index (χ4n) is 3.14. The van der Waals surface area contributed by atoms with Crippen molar-refractivity contribution in [2.24, 2.45) is 0 Å². The molecule has 0 bridgehead atoms. The van der Waals surface area contributed by atoms with Crippen LogP contribution in [0, 0.1) is 17.0 Å². The van der Waals surface area contributed by atoms with Crippen LogP contribution in [0.15, 0.2) is 40.1 Å². The molecule has 0 aliphatic rings. The standard InChI is InChI=1S/C21H25N5O9/c1-13-9-25(20(31)23-19(13)30)10-17(27)24(11-18(28)29)8-7-22-21(32)35-12-14(2)15-5-3-4-6-16(15)26(33)34/h3-6,9,14H,7-8,10-12H2,1-2H3,(H,22,32)(H,28,29)(H,23,30,31). The summed E-state index contributed by atoms with van der Waals surface area (Å²) in [7, 11) is 0. The Labute approximate surface area is 198 Å². The predicted octanol–water partition coefficient (Wildman–Crippen LogP) is 0.196. The van der Waals surface area contributed by atoms with Gasteiger partial charge >= 0.3 is 17.8 Å². The lowest BCUT2D eigenvalue weighted by Crippen LogP contribution is -2.44. The van der Waals surface area contributed by atoms with Crippen molar-refractivity contribution in [3.63, 3.8) is 0 Å². The molecule has 1 unspecified atom stereocenters. The van der Waals surface area contributed by atoms with E-state index < -0.39 is 53.1 Å². The Bertz CT molecular complexity index is 1220. The summed E-state index contributed by atoms with van der Waals surface area (Å²) in [5.74, 6) is -2.49. The summed E-state index contributed by atoms with van der Waals surface area (Å²) < 4.78 is 6.02. The zero-order valence-electron chi connectivity index (χ0n) is 19.1. The van der Waals surface area contributed by atoms with E-state index in [2.05, 4.69) is 5.32 Å². The molecule has 2 rings (SSSR count). The van der Waals surface area contributed by atoms with Crippen LogP contribution >= 0.6 is 0 Å². The van der Waals surface area contributed by atoms with Gasteiger partial charge in [-0.2, -0.15) is 0 Å². The number of amides is 2. The molecule has 14 heteroatoms. The number of carbonyl (C=O) groups is 3. The monoisotopic (exact) mass is 491 g/mol. The van der Waals surface area contributed by atoms with Gasteiger partial charge in [-0.1, -0.05) is 25.1 Å². The highest BCUT2D eigenvalue weighted by Gasteiger charge is 2.21. The number of nitrogens with one attached hydrogen (secondary N) is 2. The Morgan fingerprint density at radius 3 is 2.63 bits per heavy atom. The molecule has 2 amide bonds. The van der Waals surface area contributed by atoms with Crippen LogP contribution in [-0.2, 0) is 20.9 Å². The molecule has 0 aliphatic heterocycles. The first-order chi connectivity index (χ1) is 16.5. The summed E-state index contributed by atoms with van der Waals surface area (Å²) in [5, 5.41) is 22.6. The number of nitro groups is 1. The Balaban J connectivity index is 1.91. The Kier molecular flexibility index (Phi) is 9.26. The Hall–Kier alpha value is -4.49. The predicted molar refractivity (Wildman–Crippen MR) is 121 cm³/mol. The maximum absolute atomic E-state index is 12.5. The highest BCUT2D eigenvalue weighted by atomic mass is 16.6. The summed E-state index contributed by atoms with van der Waals surface area (Å²) in [5.41, 5.74) is -0.916. The van der Waals surface area contributed by atoms with Crippen molar-refractivity contribution < 1.29 is 29.2 Å². The number of aryl methyl sites for hydroxylation is 1. The van der Waals surface area contributed by atoms with E-state index in [-0.39, 0.29) is 30.9 Å². The minimum atomic E-state index is -1.30. The van der Waals surface area contributed by atoms with Gasteiger partial charge in [-0.15, -0.1) is 0 Å². The van der Waals surface area contributed by atoms with Crippen molar-refractivity contribution in [1.29, 1.82) is 0 Å². The second-order valence-electron chi connectivity index (χ2n) is 7.65. The van der Waals surface area contributed by atoms with Crippen molar-refractivity contribution in [3.8, 4) is 0 Å². The highest BCUT2D eigenvalue weighted by Crippen LogP contribution is 2.26. The topological polar surface area (TPSA) is 194 Å². The van der Waals surface area contributed by atoms with Gasteiger partial charge in [0.05, 0.1) is 4.92 Å². The van der Waals surface area contributed by atoms with Crippen LogP contribution in [0.5, 0.6) is 0 Å². The molecule has 0 spiro atoms. The third kappa shape index (κ3) is 7.80. The summed E-state index contributed by atoms with van der Waals surface area (Å²) in [6.45, 7) is 1.41. The van der Waals surface area contributed by atoms with Crippen molar-refractivity contribution in [2.45, 2.75) is 26.3 Å². The maximum Gasteiger partial charge on any atom is 0.407 e. The van der Waals surface area contributed by atoms with Crippen molar-refractivity contribution >= 4 is 23.7 Å². The molecule has 0 radical (unpaired) electrons. The van der Waals surface area contributed by atoms with Crippen molar-refractivity contribution in [2.75, 3.05) is 26.2 Å². The van der Waals surface area contributed by atoms with Crippen LogP contribution in [0.1, 0.15) is 24.0 Å². The van der Waals surface area contributed by atoms with Gasteiger partial charge in [0.25, 0.3) is 11.2 Å². The number of aromatic amines is 1. The fourth-order valence-corrected chi connectivity index (χ4v) is 3.14. The van der Waals surface area contributed by atoms with Crippen LogP contribution in [0.3, 0.4) is 0 Å². The lowest BCUT2D eigenvalue weighted by atomic mass is 10.0. The Morgan fingerprint density at radius 1 is 1.29 bits per heavy atom. The summed E-state index contributed by atoms with van der Waals surface area (Å²) >= 11 is 0. The third-order valence-electron chi connectivity index (χ3n) is 4.95. The van der Waals surface area contributed by atoms with Crippen molar-refractivity contribution in [3.05, 3.63) is 72.5 Å². The average Bonchev–Trinajstić information content (AvgIpc) is 2.80. The quantitative estimate of drug-likeness (QED) is 0.290. The zero-order valence-corrected chi connectivity index (χ0v) is 19.1. The largest absolute Gasteiger partial charge is 0.480 e. The molecule has 1 heterocycles. The van der Waals surface area contributed by atoms with E-state index in [4.69, 9.17) is 9.84 Å². The first kappa shape index (κ1) is 26.8. The van der Waals surface area contributed by atoms with Crippen LogP contribution in [0.4, 0.5) is 10.5 Å². The number of alkyl carbamates (subject to hydrolysis) is 1. The van der Waals surface area contributed by atoms with E-state index in [0.717, 1.165) is 9.47 Å². The van der Waals surface area contributed by atoms with E-state index in [1.54, 1.807) is 19.1 Å². The SMILES string of the molecule is Cc1cn(CC(=O)N(CCNC(=O)OCC(C)c2ccccc2[N+](=O)[O-])CC(=O)O)c(=O)[nH]c1=O. The van der Waals surface area contributed by atoms with E-state index in [1.807, 2.05) is 4.98 Å². The van der Waals surface area contributed by atoms with Gasteiger partial charge in [0.2, 0.25) is 5.91 Å². The molecule has 0 saturated heterocycles. The molecule has 1 aromatic carbocycles. The molecule has 3 N–H and O–H groups in total. The molecule has 0 aliphatic carbocycles. The molecule has 14 nitrogen and oxygen atoms in total. The number of aliphatic carboxylic acids is 1. The molecule has 1 atom stereocenters. The lowest BCUT2D eigenvalue weighted by molar-refractivity contribution is -0.385. The molecule has 2 aromatic rings. The second kappa shape index (κ2) is 12.1. The van der Waals surface area contributed by atoms with Crippen LogP contribution in [0.2, 0.25) is 0 Å². The van der Waals surface area contributed by atoms with Gasteiger partial charge in [0.1, 0.15) is 19.7 Å². The number of carboxylic acids is 1. The number of ether oxygens (including phenoxy) is 1. The fraction of sp³-hybridized carbons (Fsp3) is 0.381. The molecule has 35 heavy (non-hydrogen) atoms. The minimum Gasteiger partial charge on any atom is -0.480 e. The summed E-state index contributed by atoms with van der Waals surface area (Å²) in [4.78, 5) is 72.6. The highest BCUT2D eigenvalue weighted by molar-refractivity contribution is 5.81. The van der Waals surface area contributed by atoms with Crippen molar-refractivity contribution in [1.82, 2.24) is 19.8 Å². The van der Waals surface area contributed by atoms with Crippen LogP contribution < -0.4 is 16.6 Å². The number of aromatic nitrogens is 2. The normalized spacial score (nSPS) is 11.4. The van der Waals surface area contributed by atoms with Crippen LogP contribution in [0.25, 0.3) is 0 Å². The minimum absolute atomic E-state index is 0.0939. The number of nitrogens with zero attached hydrogens (tertiary/aromatic N) is 3. The number of hydrogen-bond acceptors (Lipinski definition) is 8. The maximum atomic E-state index is 12.5. The lowest BCUT2D eigenvalue weighted by Gasteiger charge is -2.21. The number of benzene rings is 1. The van der Waals surface area contributed by atoms with E-state index in [1.165, 1.54) is 25.3 Å². The van der Waals surface area contributed by atoms with E-state index in [9.17, 15) is 34.1 Å². The first-order valence-electron chi connectivity index (χ1n) is 10.4. The second-order valence-corrected chi connectivity index (χ2v) is 7.65. The number of rotatable bonds is 11. The molecular weight excluding hydrogens is 466 g/mol. The van der Waals surface area contributed by atoms with Gasteiger partial charge in [-0.05, 0) is 6.92 Å². The van der Waals surface area contributed by atoms with E-state index in [0.29, 0.717) is 5.56 Å². The molecule has 1 aromatic heterocycles.